The smallest absolute Gasteiger partial charge is 0.317 e. The maximum atomic E-state index is 12.0. The Morgan fingerprint density at radius 2 is 1.75 bits per heavy atom. The molecule has 0 saturated heterocycles. The number of nitrogens with one attached hydrogen (secondary N) is 2. The molecule has 0 radical (unpaired) electrons. The number of hydrogen-bond donors (Lipinski definition) is 2. The highest BCUT2D eigenvalue weighted by molar-refractivity contribution is 7.89. The Morgan fingerprint density at radius 3 is 2.25 bits per heavy atom. The summed E-state index contributed by atoms with van der Waals surface area (Å²) in [4.78, 5) is -0.172. The second-order valence-corrected chi connectivity index (χ2v) is 5.95. The quantitative estimate of drug-likeness (QED) is 0.753. The summed E-state index contributed by atoms with van der Waals surface area (Å²) in [5.41, 5.74) is 0.917. The molecule has 0 bridgehead atoms. The van der Waals surface area contributed by atoms with E-state index in [1.807, 2.05) is 6.92 Å². The van der Waals surface area contributed by atoms with E-state index in [1.165, 1.54) is 16.9 Å². The summed E-state index contributed by atoms with van der Waals surface area (Å²) < 4.78 is 60.8. The van der Waals surface area contributed by atoms with Gasteiger partial charge in [0.15, 0.2) is 0 Å². The molecule has 1 aromatic rings. The highest BCUT2D eigenvalue weighted by atomic mass is 32.2. The Morgan fingerprint density at radius 1 is 1.15 bits per heavy atom. The second-order valence-electron chi connectivity index (χ2n) is 4.19. The van der Waals surface area contributed by atoms with Gasteiger partial charge in [-0.3, -0.25) is 0 Å². The van der Waals surface area contributed by atoms with Crippen molar-refractivity contribution in [2.24, 2.45) is 0 Å². The first-order valence-corrected chi connectivity index (χ1v) is 7.59. The van der Waals surface area contributed by atoms with Gasteiger partial charge in [-0.1, -0.05) is 19.1 Å². The number of sulfonamides is 1. The van der Waals surface area contributed by atoms with E-state index in [-0.39, 0.29) is 4.90 Å². The van der Waals surface area contributed by atoms with E-state index in [9.17, 15) is 21.6 Å². The van der Waals surface area contributed by atoms with E-state index >= 15 is 0 Å². The van der Waals surface area contributed by atoms with Crippen molar-refractivity contribution in [3.05, 3.63) is 29.8 Å². The molecule has 0 aromatic heterocycles. The third-order valence-electron chi connectivity index (χ3n) is 2.54. The van der Waals surface area contributed by atoms with Crippen LogP contribution < -0.4 is 10.0 Å². The molecule has 0 fully saturated rings. The lowest BCUT2D eigenvalue weighted by Gasteiger charge is -2.10. The van der Waals surface area contributed by atoms with Crippen molar-refractivity contribution < 1.29 is 21.6 Å². The van der Waals surface area contributed by atoms with Crippen molar-refractivity contribution in [2.45, 2.75) is 24.4 Å². The van der Waals surface area contributed by atoms with E-state index in [0.717, 1.165) is 25.1 Å². The van der Waals surface area contributed by atoms with Crippen molar-refractivity contribution in [1.29, 1.82) is 0 Å². The van der Waals surface area contributed by atoms with Gasteiger partial charge in [0.05, 0.1) is 4.90 Å². The Bertz CT molecular complexity index is 512. The Hall–Kier alpha value is -1.12. The first kappa shape index (κ1) is 16.9. The zero-order valence-electron chi connectivity index (χ0n) is 11.0. The molecule has 2 N–H and O–H groups in total. The Balaban J connectivity index is 2.67. The molecule has 1 aromatic carbocycles. The van der Waals surface area contributed by atoms with Crippen LogP contribution in [-0.2, 0) is 16.4 Å². The summed E-state index contributed by atoms with van der Waals surface area (Å²) in [6.45, 7) is 2.00. The minimum absolute atomic E-state index is 0.172. The largest absolute Gasteiger partial charge is 0.402 e. The van der Waals surface area contributed by atoms with Crippen molar-refractivity contribution in [3.63, 3.8) is 0 Å². The van der Waals surface area contributed by atoms with E-state index in [1.54, 1.807) is 12.1 Å². The molecule has 20 heavy (non-hydrogen) atoms. The van der Waals surface area contributed by atoms with Gasteiger partial charge in [-0.25, -0.2) is 13.1 Å². The summed E-state index contributed by atoms with van der Waals surface area (Å²) in [6, 6.07) is 5.80. The fourth-order valence-corrected chi connectivity index (χ4v) is 2.52. The van der Waals surface area contributed by atoms with Gasteiger partial charge in [0, 0.05) is 0 Å². The fourth-order valence-electron chi connectivity index (χ4n) is 1.50. The summed E-state index contributed by atoms with van der Waals surface area (Å²) in [5.74, 6) is 0. The van der Waals surface area contributed by atoms with E-state index in [0.29, 0.717) is 0 Å². The van der Waals surface area contributed by atoms with Crippen molar-refractivity contribution in [3.8, 4) is 0 Å². The van der Waals surface area contributed by atoms with Crippen LogP contribution in [0, 0.1) is 0 Å². The Kier molecular flexibility index (Phi) is 5.97. The second kappa shape index (κ2) is 7.05. The maximum Gasteiger partial charge on any atom is 0.402 e. The van der Waals surface area contributed by atoms with E-state index < -0.39 is 22.7 Å². The normalized spacial score (nSPS) is 12.6. The van der Waals surface area contributed by atoms with Crippen LogP contribution in [0.1, 0.15) is 12.5 Å². The molecule has 0 heterocycles. The molecule has 0 aliphatic carbocycles. The van der Waals surface area contributed by atoms with E-state index in [2.05, 4.69) is 5.32 Å². The van der Waals surface area contributed by atoms with Crippen LogP contribution in [0.2, 0.25) is 0 Å². The topological polar surface area (TPSA) is 58.2 Å². The zero-order chi connectivity index (χ0) is 15.2. The average Bonchev–Trinajstić information content (AvgIpc) is 2.37. The molecular formula is C12H17F3N2O2S. The molecular weight excluding hydrogens is 293 g/mol. The number of alkyl halides is 3. The maximum absolute atomic E-state index is 12.0. The monoisotopic (exact) mass is 310 g/mol. The average molecular weight is 310 g/mol. The molecule has 8 heteroatoms. The SMILES string of the molecule is CCNCCc1ccc(S(=O)(=O)NCC(F)(F)F)cc1. The lowest BCUT2D eigenvalue weighted by Crippen LogP contribution is -2.33. The molecule has 4 nitrogen and oxygen atoms in total. The minimum atomic E-state index is -4.57. The van der Waals surface area contributed by atoms with Gasteiger partial charge < -0.3 is 5.32 Å². The third kappa shape index (κ3) is 5.89. The molecule has 0 atom stereocenters. The predicted octanol–water partition coefficient (Wildman–Crippen LogP) is 1.68. The molecule has 0 spiro atoms. The summed E-state index contributed by atoms with van der Waals surface area (Å²) in [6.07, 6.45) is -3.84. The van der Waals surface area contributed by atoms with Crippen LogP contribution in [0.4, 0.5) is 13.2 Å². The highest BCUT2D eigenvalue weighted by Crippen LogP contribution is 2.15. The van der Waals surface area contributed by atoms with Crippen LogP contribution in [-0.4, -0.2) is 34.2 Å². The number of benzene rings is 1. The molecule has 0 aliphatic rings. The van der Waals surface area contributed by atoms with Crippen LogP contribution in [0.25, 0.3) is 0 Å². The highest BCUT2D eigenvalue weighted by Gasteiger charge is 2.29. The van der Waals surface area contributed by atoms with Crippen molar-refractivity contribution >= 4 is 10.0 Å². The van der Waals surface area contributed by atoms with Gasteiger partial charge in [-0.2, -0.15) is 13.2 Å². The zero-order valence-corrected chi connectivity index (χ0v) is 11.8. The van der Waals surface area contributed by atoms with Gasteiger partial charge in [0.1, 0.15) is 6.54 Å². The number of hydrogen-bond acceptors (Lipinski definition) is 3. The minimum Gasteiger partial charge on any atom is -0.317 e. The lowest BCUT2D eigenvalue weighted by molar-refractivity contribution is -0.121. The van der Waals surface area contributed by atoms with E-state index in [4.69, 9.17) is 0 Å². The van der Waals surface area contributed by atoms with Gasteiger partial charge >= 0.3 is 6.18 Å². The van der Waals surface area contributed by atoms with Crippen molar-refractivity contribution in [1.82, 2.24) is 10.0 Å². The van der Waals surface area contributed by atoms with Crippen LogP contribution in [0.15, 0.2) is 29.2 Å². The van der Waals surface area contributed by atoms with Gasteiger partial charge in [-0.15, -0.1) is 0 Å². The fraction of sp³-hybridized carbons (Fsp3) is 0.500. The summed E-state index contributed by atoms with van der Waals surface area (Å²) in [7, 11) is -4.12. The molecule has 114 valence electrons. The molecule has 0 unspecified atom stereocenters. The molecule has 0 amide bonds. The van der Waals surface area contributed by atoms with Gasteiger partial charge in [0.2, 0.25) is 10.0 Å². The van der Waals surface area contributed by atoms with Crippen LogP contribution >= 0.6 is 0 Å². The van der Waals surface area contributed by atoms with Gasteiger partial charge in [0.25, 0.3) is 0 Å². The predicted molar refractivity (Wildman–Crippen MR) is 69.9 cm³/mol. The Labute approximate surface area is 116 Å². The summed E-state index contributed by atoms with van der Waals surface area (Å²) in [5, 5.41) is 3.12. The van der Waals surface area contributed by atoms with Crippen LogP contribution in [0.3, 0.4) is 0 Å². The number of rotatable bonds is 7. The first-order chi connectivity index (χ1) is 9.24. The molecule has 1 rings (SSSR count). The summed E-state index contributed by atoms with van der Waals surface area (Å²) >= 11 is 0. The number of halogens is 3. The third-order valence-corrected chi connectivity index (χ3v) is 3.95. The van der Waals surface area contributed by atoms with Crippen molar-refractivity contribution in [2.75, 3.05) is 19.6 Å². The first-order valence-electron chi connectivity index (χ1n) is 6.10. The standard InChI is InChI=1S/C12H17F3N2O2S/c1-2-16-8-7-10-3-5-11(6-4-10)20(18,19)17-9-12(13,14)15/h3-6,16-17H,2,7-9H2,1H3. The molecule has 0 aliphatic heterocycles. The number of likely N-dealkylation sites (N-methyl/N-ethyl adjacent to an activating group) is 1. The molecule has 0 saturated carbocycles. The van der Waals surface area contributed by atoms with Gasteiger partial charge in [-0.05, 0) is 37.2 Å². The lowest BCUT2D eigenvalue weighted by atomic mass is 10.1. The van der Waals surface area contributed by atoms with Crippen LogP contribution in [0.5, 0.6) is 0 Å².